The maximum Gasteiger partial charge on any atom is 0.416 e. The molecule has 0 amide bonds. The van der Waals surface area contributed by atoms with Crippen LogP contribution in [0.5, 0.6) is 0 Å². The zero-order valence-electron chi connectivity index (χ0n) is 17.2. The Morgan fingerprint density at radius 3 is 2.39 bits per heavy atom. The summed E-state index contributed by atoms with van der Waals surface area (Å²) in [5, 5.41) is 14.2. The topological polar surface area (TPSA) is 65.6 Å². The molecule has 0 bridgehead atoms. The van der Waals surface area contributed by atoms with Crippen molar-refractivity contribution in [3.8, 4) is 11.4 Å². The third kappa shape index (κ3) is 4.72. The summed E-state index contributed by atoms with van der Waals surface area (Å²) in [6.07, 6.45) is -4.47. The van der Waals surface area contributed by atoms with Gasteiger partial charge in [0.1, 0.15) is 0 Å². The van der Waals surface area contributed by atoms with E-state index in [0.29, 0.717) is 31.0 Å². The molecule has 0 spiro atoms. The summed E-state index contributed by atoms with van der Waals surface area (Å²) in [7, 11) is 3.96. The second-order valence-corrected chi connectivity index (χ2v) is 7.93. The van der Waals surface area contributed by atoms with E-state index in [2.05, 4.69) is 15.0 Å². The van der Waals surface area contributed by atoms with Gasteiger partial charge in [-0.05, 0) is 36.2 Å². The molecule has 6 nitrogen and oxygen atoms in total. The van der Waals surface area contributed by atoms with Crippen molar-refractivity contribution < 1.29 is 22.8 Å². The Labute approximate surface area is 177 Å². The fraction of sp³-hybridized carbons (Fsp3) is 0.364. The van der Waals surface area contributed by atoms with Crippen molar-refractivity contribution in [1.29, 1.82) is 0 Å². The molecular weight excluding hydrogens is 409 g/mol. The molecule has 2 heterocycles. The second kappa shape index (κ2) is 8.32. The lowest BCUT2D eigenvalue weighted by Crippen LogP contribution is -2.24. The summed E-state index contributed by atoms with van der Waals surface area (Å²) < 4.78 is 43.7. The number of aromatic nitrogens is 2. The number of hydrogen-bond donors (Lipinski definition) is 1. The molecule has 2 atom stereocenters. The van der Waals surface area contributed by atoms with Gasteiger partial charge in [0.15, 0.2) is 0 Å². The van der Waals surface area contributed by atoms with Gasteiger partial charge in [0.05, 0.1) is 17.7 Å². The van der Waals surface area contributed by atoms with Gasteiger partial charge in [-0.1, -0.05) is 29.4 Å². The lowest BCUT2D eigenvalue weighted by atomic mass is 10.1. The summed E-state index contributed by atoms with van der Waals surface area (Å²) in [6.45, 7) is 1.07. The second-order valence-electron chi connectivity index (χ2n) is 7.93. The number of β-amino-alcohol motifs (C(OH)–C–C–N with tert-alkyl or cyclic N) is 1. The number of alkyl halides is 3. The molecule has 4 rings (SSSR count). The van der Waals surface area contributed by atoms with Gasteiger partial charge in [0.2, 0.25) is 11.7 Å². The lowest BCUT2D eigenvalue weighted by Gasteiger charge is -2.21. The number of likely N-dealkylation sites (tertiary alicyclic amines) is 1. The highest BCUT2D eigenvalue weighted by Gasteiger charge is 2.36. The summed E-state index contributed by atoms with van der Waals surface area (Å²) in [6, 6.07) is 12.5. The predicted octanol–water partition coefficient (Wildman–Crippen LogP) is 4.13. The average molecular weight is 432 g/mol. The third-order valence-corrected chi connectivity index (χ3v) is 5.42. The summed E-state index contributed by atoms with van der Waals surface area (Å²) in [5.41, 5.74) is 1.89. The Morgan fingerprint density at radius 2 is 1.77 bits per heavy atom. The molecule has 1 saturated heterocycles. The van der Waals surface area contributed by atoms with Crippen LogP contribution in [-0.4, -0.2) is 46.9 Å². The first-order valence-corrected chi connectivity index (χ1v) is 9.90. The van der Waals surface area contributed by atoms with Crippen molar-refractivity contribution in [2.45, 2.75) is 31.3 Å². The van der Waals surface area contributed by atoms with Gasteiger partial charge in [-0.2, -0.15) is 18.2 Å². The Balaban J connectivity index is 1.51. The molecule has 3 aromatic rings. The molecule has 1 fully saturated rings. The molecule has 1 N–H and O–H groups in total. The molecule has 31 heavy (non-hydrogen) atoms. The highest BCUT2D eigenvalue weighted by Crippen LogP contribution is 2.34. The summed E-state index contributed by atoms with van der Waals surface area (Å²) in [4.78, 5) is 8.49. The van der Waals surface area contributed by atoms with Crippen LogP contribution in [0.25, 0.3) is 11.4 Å². The first kappa shape index (κ1) is 21.3. The van der Waals surface area contributed by atoms with E-state index in [9.17, 15) is 18.3 Å². The van der Waals surface area contributed by atoms with Gasteiger partial charge in [0, 0.05) is 38.4 Å². The Bertz CT molecular complexity index is 1020. The number of halogens is 3. The largest absolute Gasteiger partial charge is 0.416 e. The van der Waals surface area contributed by atoms with Crippen molar-refractivity contribution >= 4 is 5.69 Å². The van der Waals surface area contributed by atoms with Crippen molar-refractivity contribution in [2.24, 2.45) is 0 Å². The minimum absolute atomic E-state index is 0.223. The van der Waals surface area contributed by atoms with E-state index < -0.39 is 17.8 Å². The molecule has 9 heteroatoms. The van der Waals surface area contributed by atoms with E-state index in [-0.39, 0.29) is 11.9 Å². The maximum atomic E-state index is 12.8. The maximum absolute atomic E-state index is 12.8. The van der Waals surface area contributed by atoms with E-state index in [4.69, 9.17) is 4.52 Å². The number of benzene rings is 2. The van der Waals surface area contributed by atoms with Gasteiger partial charge in [-0.3, -0.25) is 4.90 Å². The quantitative estimate of drug-likeness (QED) is 0.654. The zero-order valence-corrected chi connectivity index (χ0v) is 17.2. The molecule has 1 aromatic heterocycles. The first-order chi connectivity index (χ1) is 14.7. The van der Waals surface area contributed by atoms with Crippen molar-refractivity contribution in [3.05, 3.63) is 65.5 Å². The molecule has 0 unspecified atom stereocenters. The zero-order chi connectivity index (χ0) is 22.2. The van der Waals surface area contributed by atoms with Gasteiger partial charge < -0.3 is 14.5 Å². The van der Waals surface area contributed by atoms with Gasteiger partial charge in [-0.15, -0.1) is 0 Å². The van der Waals surface area contributed by atoms with Crippen LogP contribution in [0.2, 0.25) is 0 Å². The molecule has 2 aromatic carbocycles. The van der Waals surface area contributed by atoms with Crippen LogP contribution in [0.1, 0.15) is 29.5 Å². The Morgan fingerprint density at radius 1 is 1.10 bits per heavy atom. The van der Waals surface area contributed by atoms with E-state index in [0.717, 1.165) is 23.4 Å². The fourth-order valence-electron chi connectivity index (χ4n) is 3.74. The standard InChI is InChI=1S/C22H23F3N4O2/c1-28(2)17-9-3-14(4-10-17)12-29-13-18(30)11-19(29)21-26-20(27-31-21)15-5-7-16(8-6-15)22(23,24)25/h3-10,18-19,30H,11-13H2,1-2H3/t18-,19+/m1/s1. The molecule has 0 radical (unpaired) electrons. The van der Waals surface area contributed by atoms with E-state index >= 15 is 0 Å². The van der Waals surface area contributed by atoms with Crippen molar-refractivity contribution in [3.63, 3.8) is 0 Å². The van der Waals surface area contributed by atoms with Crippen LogP contribution in [0.4, 0.5) is 18.9 Å². The van der Waals surface area contributed by atoms with Crippen molar-refractivity contribution in [2.75, 3.05) is 25.5 Å². The smallest absolute Gasteiger partial charge is 0.392 e. The number of rotatable bonds is 5. The van der Waals surface area contributed by atoms with Gasteiger partial charge >= 0.3 is 6.18 Å². The molecule has 164 valence electrons. The van der Waals surface area contributed by atoms with Crippen LogP contribution in [0.3, 0.4) is 0 Å². The summed E-state index contributed by atoms with van der Waals surface area (Å²) >= 11 is 0. The van der Waals surface area contributed by atoms with Crippen LogP contribution < -0.4 is 4.90 Å². The number of aliphatic hydroxyl groups excluding tert-OH is 1. The third-order valence-electron chi connectivity index (χ3n) is 5.42. The molecule has 1 aliphatic heterocycles. The Hall–Kier alpha value is -2.91. The minimum Gasteiger partial charge on any atom is -0.392 e. The van der Waals surface area contributed by atoms with Crippen LogP contribution >= 0.6 is 0 Å². The first-order valence-electron chi connectivity index (χ1n) is 9.90. The van der Waals surface area contributed by atoms with Gasteiger partial charge in [0.25, 0.3) is 0 Å². The fourth-order valence-corrected chi connectivity index (χ4v) is 3.74. The Kier molecular flexibility index (Phi) is 5.72. The molecule has 0 saturated carbocycles. The summed E-state index contributed by atoms with van der Waals surface area (Å²) in [5.74, 6) is 0.566. The number of nitrogens with zero attached hydrogens (tertiary/aromatic N) is 4. The highest BCUT2D eigenvalue weighted by molar-refractivity contribution is 5.55. The van der Waals surface area contributed by atoms with Crippen LogP contribution in [0.15, 0.2) is 53.1 Å². The normalized spacial score (nSPS) is 19.7. The van der Waals surface area contributed by atoms with Crippen molar-refractivity contribution in [1.82, 2.24) is 15.0 Å². The average Bonchev–Trinajstić information content (AvgIpc) is 3.34. The lowest BCUT2D eigenvalue weighted by molar-refractivity contribution is -0.137. The molecular formula is C22H23F3N4O2. The van der Waals surface area contributed by atoms with Gasteiger partial charge in [-0.25, -0.2) is 0 Å². The molecule has 0 aliphatic carbocycles. The molecule has 1 aliphatic rings. The number of aliphatic hydroxyl groups is 1. The van der Waals surface area contributed by atoms with E-state index in [1.165, 1.54) is 12.1 Å². The minimum atomic E-state index is -4.40. The van der Waals surface area contributed by atoms with E-state index in [1.807, 2.05) is 43.3 Å². The van der Waals surface area contributed by atoms with Crippen LogP contribution in [-0.2, 0) is 12.7 Å². The monoisotopic (exact) mass is 432 g/mol. The highest BCUT2D eigenvalue weighted by atomic mass is 19.4. The number of anilines is 1. The van der Waals surface area contributed by atoms with E-state index in [1.54, 1.807) is 0 Å². The van der Waals surface area contributed by atoms with Crippen LogP contribution in [0, 0.1) is 0 Å². The predicted molar refractivity (Wildman–Crippen MR) is 109 cm³/mol. The SMILES string of the molecule is CN(C)c1ccc(CN2C[C@H](O)C[C@H]2c2nc(-c3ccc(C(F)(F)F)cc3)no2)cc1. The number of hydrogen-bond acceptors (Lipinski definition) is 6.